The van der Waals surface area contributed by atoms with Gasteiger partial charge in [0, 0.05) is 29.2 Å². The number of aryl methyl sites for hydroxylation is 1. The molecule has 0 saturated heterocycles. The molecule has 1 N–H and O–H groups in total. The van der Waals surface area contributed by atoms with E-state index in [1.807, 2.05) is 42.7 Å². The first-order valence-electron chi connectivity index (χ1n) is 11.1. The second kappa shape index (κ2) is 7.71. The molecule has 2 aliphatic carbocycles. The quantitative estimate of drug-likeness (QED) is 0.522. The molecular formula is C24H23N7O. The first kappa shape index (κ1) is 18.9. The fraction of sp³-hybridized carbons (Fsp3) is 0.292. The molecule has 0 radical (unpaired) electrons. The minimum atomic E-state index is -0.248. The SMILES string of the molecule is O=C(Nc1cccc(-c2nncn2C2CC2)c1)c1cc(-n2cnc3c2CCCC3)ccn1. The molecule has 3 heterocycles. The summed E-state index contributed by atoms with van der Waals surface area (Å²) in [6.07, 6.45) is 12.0. The van der Waals surface area contributed by atoms with Crippen LogP contribution in [0.25, 0.3) is 17.1 Å². The molecule has 0 atom stereocenters. The average Bonchev–Trinajstić information content (AvgIpc) is 3.39. The van der Waals surface area contributed by atoms with Crippen LogP contribution < -0.4 is 5.32 Å². The minimum absolute atomic E-state index is 0.248. The Hall–Kier alpha value is -3.81. The van der Waals surface area contributed by atoms with Crippen molar-refractivity contribution in [2.24, 2.45) is 0 Å². The number of pyridine rings is 1. The number of nitrogens with zero attached hydrogens (tertiary/aromatic N) is 6. The first-order chi connectivity index (χ1) is 15.8. The molecule has 0 bridgehead atoms. The highest BCUT2D eigenvalue weighted by Gasteiger charge is 2.26. The van der Waals surface area contributed by atoms with E-state index in [0.29, 0.717) is 17.4 Å². The number of hydrogen-bond donors (Lipinski definition) is 1. The van der Waals surface area contributed by atoms with Crippen LogP contribution in [0, 0.1) is 0 Å². The maximum atomic E-state index is 13.0. The summed E-state index contributed by atoms with van der Waals surface area (Å²) in [6.45, 7) is 0. The van der Waals surface area contributed by atoms with Crippen LogP contribution in [0.1, 0.15) is 53.6 Å². The van der Waals surface area contributed by atoms with Crippen molar-refractivity contribution in [3.8, 4) is 17.1 Å². The molecule has 0 unspecified atom stereocenters. The number of fused-ring (bicyclic) bond motifs is 1. The summed E-state index contributed by atoms with van der Waals surface area (Å²) in [6, 6.07) is 11.9. The Morgan fingerprint density at radius 2 is 1.94 bits per heavy atom. The normalized spacial score (nSPS) is 15.4. The second-order valence-corrected chi connectivity index (χ2v) is 8.44. The molecule has 1 aromatic carbocycles. The minimum Gasteiger partial charge on any atom is -0.321 e. The number of carbonyl (C=O) groups is 1. The van der Waals surface area contributed by atoms with Crippen molar-refractivity contribution in [3.05, 3.63) is 72.3 Å². The van der Waals surface area contributed by atoms with Gasteiger partial charge in [-0.1, -0.05) is 12.1 Å². The molecule has 0 spiro atoms. The van der Waals surface area contributed by atoms with E-state index in [4.69, 9.17) is 0 Å². The lowest BCUT2D eigenvalue weighted by atomic mass is 10.0. The Bertz CT molecular complexity index is 1300. The van der Waals surface area contributed by atoms with Gasteiger partial charge in [0.25, 0.3) is 5.91 Å². The summed E-state index contributed by atoms with van der Waals surface area (Å²) < 4.78 is 4.19. The van der Waals surface area contributed by atoms with Gasteiger partial charge in [0.15, 0.2) is 5.82 Å². The number of anilines is 1. The molecule has 32 heavy (non-hydrogen) atoms. The Morgan fingerprint density at radius 1 is 1.03 bits per heavy atom. The van der Waals surface area contributed by atoms with Gasteiger partial charge in [-0.2, -0.15) is 0 Å². The van der Waals surface area contributed by atoms with Crippen LogP contribution in [-0.4, -0.2) is 35.2 Å². The van der Waals surface area contributed by atoms with Crippen LogP contribution in [-0.2, 0) is 12.8 Å². The number of benzene rings is 1. The highest BCUT2D eigenvalue weighted by molar-refractivity contribution is 6.03. The number of imidazole rings is 1. The van der Waals surface area contributed by atoms with Gasteiger partial charge in [0.1, 0.15) is 12.0 Å². The molecule has 1 amide bonds. The van der Waals surface area contributed by atoms with E-state index in [9.17, 15) is 4.79 Å². The van der Waals surface area contributed by atoms with Crippen molar-refractivity contribution in [1.29, 1.82) is 0 Å². The molecule has 8 nitrogen and oxygen atoms in total. The molecule has 2 aliphatic rings. The van der Waals surface area contributed by atoms with Crippen LogP contribution in [0.15, 0.2) is 55.2 Å². The summed E-state index contributed by atoms with van der Waals surface area (Å²) in [5.41, 5.74) is 5.31. The number of carbonyl (C=O) groups excluding carboxylic acids is 1. The van der Waals surface area contributed by atoms with E-state index in [1.165, 1.54) is 18.5 Å². The first-order valence-corrected chi connectivity index (χ1v) is 11.1. The lowest BCUT2D eigenvalue weighted by Crippen LogP contribution is -2.14. The maximum absolute atomic E-state index is 13.0. The zero-order chi connectivity index (χ0) is 21.5. The second-order valence-electron chi connectivity index (χ2n) is 8.44. The summed E-state index contributed by atoms with van der Waals surface area (Å²) in [5, 5.41) is 11.3. The summed E-state index contributed by atoms with van der Waals surface area (Å²) >= 11 is 0. The molecule has 1 fully saturated rings. The number of rotatable bonds is 5. The van der Waals surface area contributed by atoms with Crippen molar-refractivity contribution < 1.29 is 4.79 Å². The molecule has 0 aliphatic heterocycles. The summed E-state index contributed by atoms with van der Waals surface area (Å²) in [7, 11) is 0. The van der Waals surface area contributed by atoms with Crippen molar-refractivity contribution in [2.45, 2.75) is 44.6 Å². The topological polar surface area (TPSA) is 90.5 Å². The lowest BCUT2D eigenvalue weighted by molar-refractivity contribution is 0.102. The van der Waals surface area contributed by atoms with Gasteiger partial charge in [-0.05, 0) is 62.8 Å². The van der Waals surface area contributed by atoms with Gasteiger partial charge in [-0.25, -0.2) is 4.98 Å². The maximum Gasteiger partial charge on any atom is 0.274 e. The Kier molecular flexibility index (Phi) is 4.56. The number of nitrogens with one attached hydrogen (secondary N) is 1. The number of hydrogen-bond acceptors (Lipinski definition) is 5. The largest absolute Gasteiger partial charge is 0.321 e. The van der Waals surface area contributed by atoms with Crippen LogP contribution in [0.3, 0.4) is 0 Å². The summed E-state index contributed by atoms with van der Waals surface area (Å²) in [4.78, 5) is 21.8. The monoisotopic (exact) mass is 425 g/mol. The Labute approximate surface area is 185 Å². The predicted molar refractivity (Wildman–Crippen MR) is 120 cm³/mol. The van der Waals surface area contributed by atoms with Crippen molar-refractivity contribution in [3.63, 3.8) is 0 Å². The molecule has 3 aromatic heterocycles. The van der Waals surface area contributed by atoms with Crippen LogP contribution in [0.5, 0.6) is 0 Å². The van der Waals surface area contributed by atoms with Crippen molar-refractivity contribution >= 4 is 11.6 Å². The zero-order valence-corrected chi connectivity index (χ0v) is 17.6. The summed E-state index contributed by atoms with van der Waals surface area (Å²) in [5.74, 6) is 0.579. The van der Waals surface area contributed by atoms with Crippen LogP contribution in [0.2, 0.25) is 0 Å². The van der Waals surface area contributed by atoms with E-state index >= 15 is 0 Å². The molecule has 8 heteroatoms. The van der Waals surface area contributed by atoms with E-state index in [2.05, 4.69) is 34.6 Å². The molecule has 160 valence electrons. The van der Waals surface area contributed by atoms with E-state index in [1.54, 1.807) is 12.5 Å². The average molecular weight is 425 g/mol. The predicted octanol–water partition coefficient (Wildman–Crippen LogP) is 3.99. The number of amides is 1. The third-order valence-electron chi connectivity index (χ3n) is 6.18. The standard InChI is InChI=1S/C24H23N7O/c32-24(21-13-19(10-11-25-21)30-14-26-20-6-1-2-7-22(20)30)28-17-5-3-4-16(12-17)23-29-27-15-31(23)18-8-9-18/h3-5,10-15,18H,1-2,6-9H2,(H,28,32). The van der Waals surface area contributed by atoms with Gasteiger partial charge < -0.3 is 14.5 Å². The van der Waals surface area contributed by atoms with Crippen LogP contribution >= 0.6 is 0 Å². The zero-order valence-electron chi connectivity index (χ0n) is 17.6. The van der Waals surface area contributed by atoms with Gasteiger partial charge in [0.05, 0.1) is 17.7 Å². The Balaban J connectivity index is 1.25. The smallest absolute Gasteiger partial charge is 0.274 e. The molecular weight excluding hydrogens is 402 g/mol. The van der Waals surface area contributed by atoms with E-state index < -0.39 is 0 Å². The number of aromatic nitrogens is 6. The molecule has 6 rings (SSSR count). The fourth-order valence-corrected chi connectivity index (χ4v) is 4.39. The highest BCUT2D eigenvalue weighted by Crippen LogP contribution is 2.37. The van der Waals surface area contributed by atoms with Crippen molar-refractivity contribution in [2.75, 3.05) is 5.32 Å². The van der Waals surface area contributed by atoms with Gasteiger partial charge in [-0.3, -0.25) is 9.78 Å². The van der Waals surface area contributed by atoms with E-state index in [-0.39, 0.29) is 5.91 Å². The fourth-order valence-electron chi connectivity index (χ4n) is 4.39. The molecule has 1 saturated carbocycles. The van der Waals surface area contributed by atoms with Gasteiger partial charge in [-0.15, -0.1) is 10.2 Å². The van der Waals surface area contributed by atoms with Gasteiger partial charge >= 0.3 is 0 Å². The lowest BCUT2D eigenvalue weighted by Gasteiger charge is -2.14. The third kappa shape index (κ3) is 3.47. The van der Waals surface area contributed by atoms with E-state index in [0.717, 1.165) is 48.5 Å². The molecule has 4 aromatic rings. The van der Waals surface area contributed by atoms with Gasteiger partial charge in [0.2, 0.25) is 0 Å². The van der Waals surface area contributed by atoms with Crippen LogP contribution in [0.4, 0.5) is 5.69 Å². The Morgan fingerprint density at radius 3 is 2.84 bits per heavy atom. The van der Waals surface area contributed by atoms with Crippen molar-refractivity contribution in [1.82, 2.24) is 29.3 Å². The third-order valence-corrected chi connectivity index (χ3v) is 6.18. The highest BCUT2D eigenvalue weighted by atomic mass is 16.1.